The van der Waals surface area contributed by atoms with Crippen LogP contribution in [0, 0.1) is 0 Å². The van der Waals surface area contributed by atoms with Crippen molar-refractivity contribution in [1.82, 2.24) is 9.88 Å². The SMILES string of the molecule is COc1ccc(CNC(=O)c2ccc(-n3ccc4ccccc43)s2)cc1. The minimum atomic E-state index is -0.0615. The smallest absolute Gasteiger partial charge is 0.261 e. The normalized spacial score (nSPS) is 10.8. The number of aromatic nitrogens is 1. The molecule has 1 N–H and O–H groups in total. The number of nitrogens with one attached hydrogen (secondary N) is 1. The van der Waals surface area contributed by atoms with Crippen LogP contribution < -0.4 is 10.1 Å². The molecule has 0 aliphatic carbocycles. The largest absolute Gasteiger partial charge is 0.497 e. The van der Waals surface area contributed by atoms with Gasteiger partial charge in [0, 0.05) is 12.7 Å². The Labute approximate surface area is 155 Å². The van der Waals surface area contributed by atoms with Crippen LogP contribution in [0.15, 0.2) is 72.9 Å². The van der Waals surface area contributed by atoms with Crippen molar-refractivity contribution in [2.45, 2.75) is 6.54 Å². The van der Waals surface area contributed by atoms with Crippen LogP contribution in [0.2, 0.25) is 0 Å². The molecule has 26 heavy (non-hydrogen) atoms. The molecule has 2 aromatic heterocycles. The molecule has 1 amide bonds. The molecule has 0 saturated heterocycles. The molecule has 0 atom stereocenters. The molecule has 5 heteroatoms. The maximum Gasteiger partial charge on any atom is 0.261 e. The number of thiophene rings is 1. The highest BCUT2D eigenvalue weighted by atomic mass is 32.1. The summed E-state index contributed by atoms with van der Waals surface area (Å²) in [4.78, 5) is 13.2. The number of fused-ring (bicyclic) bond motifs is 1. The first-order valence-corrected chi connectivity index (χ1v) is 9.14. The minimum absolute atomic E-state index is 0.0615. The van der Waals surface area contributed by atoms with E-state index in [2.05, 4.69) is 28.1 Å². The summed E-state index contributed by atoms with van der Waals surface area (Å²) in [6.45, 7) is 0.489. The summed E-state index contributed by atoms with van der Waals surface area (Å²) in [5.74, 6) is 0.746. The van der Waals surface area contributed by atoms with Crippen molar-refractivity contribution in [2.75, 3.05) is 7.11 Å². The summed E-state index contributed by atoms with van der Waals surface area (Å²) in [5, 5.41) is 5.18. The zero-order valence-electron chi connectivity index (χ0n) is 14.3. The second kappa shape index (κ2) is 7.06. The summed E-state index contributed by atoms with van der Waals surface area (Å²) in [6, 6.07) is 21.8. The maximum absolute atomic E-state index is 12.5. The summed E-state index contributed by atoms with van der Waals surface area (Å²) in [5.41, 5.74) is 2.17. The molecule has 2 heterocycles. The van der Waals surface area contributed by atoms with E-state index in [1.165, 1.54) is 16.7 Å². The van der Waals surface area contributed by atoms with Crippen LogP contribution in [-0.2, 0) is 6.54 Å². The van der Waals surface area contributed by atoms with Crippen LogP contribution in [0.25, 0.3) is 15.9 Å². The highest BCUT2D eigenvalue weighted by molar-refractivity contribution is 7.16. The van der Waals surface area contributed by atoms with Crippen LogP contribution in [0.5, 0.6) is 5.75 Å². The van der Waals surface area contributed by atoms with Gasteiger partial charge in [-0.1, -0.05) is 30.3 Å². The third-order valence-corrected chi connectivity index (χ3v) is 5.35. The quantitative estimate of drug-likeness (QED) is 0.562. The monoisotopic (exact) mass is 362 g/mol. The average Bonchev–Trinajstić information content (AvgIpc) is 3.33. The molecule has 130 valence electrons. The molecular formula is C21H18N2O2S. The number of benzene rings is 2. The molecule has 0 fully saturated rings. The van der Waals surface area contributed by atoms with Crippen LogP contribution in [0.3, 0.4) is 0 Å². The molecule has 4 aromatic rings. The number of para-hydroxylation sites is 1. The fourth-order valence-electron chi connectivity index (χ4n) is 2.87. The van der Waals surface area contributed by atoms with E-state index in [-0.39, 0.29) is 5.91 Å². The maximum atomic E-state index is 12.5. The third-order valence-electron chi connectivity index (χ3n) is 4.26. The molecule has 0 radical (unpaired) electrons. The Bertz CT molecular complexity index is 1050. The van der Waals surface area contributed by atoms with Gasteiger partial charge in [0.15, 0.2) is 0 Å². The van der Waals surface area contributed by atoms with Crippen molar-refractivity contribution in [3.8, 4) is 10.8 Å². The van der Waals surface area contributed by atoms with Gasteiger partial charge in [0.05, 0.1) is 17.5 Å². The van der Waals surface area contributed by atoms with Gasteiger partial charge in [0.25, 0.3) is 5.91 Å². The third kappa shape index (κ3) is 3.21. The van der Waals surface area contributed by atoms with E-state index in [9.17, 15) is 4.79 Å². The van der Waals surface area contributed by atoms with Crippen LogP contribution in [0.4, 0.5) is 0 Å². The van der Waals surface area contributed by atoms with E-state index in [0.717, 1.165) is 21.8 Å². The van der Waals surface area contributed by atoms with Gasteiger partial charge in [-0.25, -0.2) is 0 Å². The predicted molar refractivity (Wildman–Crippen MR) is 105 cm³/mol. The second-order valence-corrected chi connectivity index (χ2v) is 6.98. The first kappa shape index (κ1) is 16.4. The molecule has 0 aliphatic rings. The number of carbonyl (C=O) groups is 1. The van der Waals surface area contributed by atoms with E-state index in [4.69, 9.17) is 4.74 Å². The molecule has 0 bridgehead atoms. The molecule has 0 unspecified atom stereocenters. The van der Waals surface area contributed by atoms with Gasteiger partial charge in [-0.15, -0.1) is 11.3 Å². The van der Waals surface area contributed by atoms with E-state index in [0.29, 0.717) is 11.4 Å². The number of methoxy groups -OCH3 is 1. The second-order valence-electron chi connectivity index (χ2n) is 5.91. The zero-order chi connectivity index (χ0) is 17.9. The van der Waals surface area contributed by atoms with Crippen molar-refractivity contribution in [2.24, 2.45) is 0 Å². The van der Waals surface area contributed by atoms with Gasteiger partial charge >= 0.3 is 0 Å². The van der Waals surface area contributed by atoms with Gasteiger partial charge < -0.3 is 14.6 Å². The van der Waals surface area contributed by atoms with Crippen molar-refractivity contribution >= 4 is 28.1 Å². The number of nitrogens with zero attached hydrogens (tertiary/aromatic N) is 1. The highest BCUT2D eigenvalue weighted by Crippen LogP contribution is 2.26. The lowest BCUT2D eigenvalue weighted by Gasteiger charge is -2.05. The van der Waals surface area contributed by atoms with Gasteiger partial charge in [-0.3, -0.25) is 4.79 Å². The first-order chi connectivity index (χ1) is 12.7. The predicted octanol–water partition coefficient (Wildman–Crippen LogP) is 4.63. The van der Waals surface area contributed by atoms with E-state index < -0.39 is 0 Å². The van der Waals surface area contributed by atoms with Gasteiger partial charge in [-0.2, -0.15) is 0 Å². The number of carbonyl (C=O) groups excluding carboxylic acids is 1. The highest BCUT2D eigenvalue weighted by Gasteiger charge is 2.11. The number of rotatable bonds is 5. The van der Waals surface area contributed by atoms with Crippen LogP contribution >= 0.6 is 11.3 Å². The van der Waals surface area contributed by atoms with E-state index in [1.807, 2.05) is 54.7 Å². The summed E-state index contributed by atoms with van der Waals surface area (Å²) in [6.07, 6.45) is 2.04. The Morgan fingerprint density at radius 1 is 1.04 bits per heavy atom. The Hall–Kier alpha value is -3.05. The molecule has 0 spiro atoms. The van der Waals surface area contributed by atoms with Crippen LogP contribution in [-0.4, -0.2) is 17.6 Å². The van der Waals surface area contributed by atoms with Gasteiger partial charge in [-0.05, 0) is 47.3 Å². The number of hydrogen-bond acceptors (Lipinski definition) is 3. The lowest BCUT2D eigenvalue weighted by atomic mass is 10.2. The van der Waals surface area contributed by atoms with Crippen molar-refractivity contribution in [3.63, 3.8) is 0 Å². The Kier molecular flexibility index (Phi) is 4.46. The number of hydrogen-bond donors (Lipinski definition) is 1. The topological polar surface area (TPSA) is 43.3 Å². The van der Waals surface area contributed by atoms with Gasteiger partial charge in [0.1, 0.15) is 10.8 Å². The lowest BCUT2D eigenvalue weighted by molar-refractivity contribution is 0.0955. The number of amides is 1. The van der Waals surface area contributed by atoms with E-state index >= 15 is 0 Å². The fraction of sp³-hybridized carbons (Fsp3) is 0.0952. The zero-order valence-corrected chi connectivity index (χ0v) is 15.1. The Morgan fingerprint density at radius 3 is 2.65 bits per heavy atom. The number of ether oxygens (including phenoxy) is 1. The Balaban J connectivity index is 1.47. The van der Waals surface area contributed by atoms with E-state index in [1.54, 1.807) is 7.11 Å². The lowest BCUT2D eigenvalue weighted by Crippen LogP contribution is -2.21. The summed E-state index contributed by atoms with van der Waals surface area (Å²) < 4.78 is 7.26. The fourth-order valence-corrected chi connectivity index (χ4v) is 3.79. The molecule has 0 saturated carbocycles. The summed E-state index contributed by atoms with van der Waals surface area (Å²) in [7, 11) is 1.64. The average molecular weight is 362 g/mol. The first-order valence-electron chi connectivity index (χ1n) is 8.32. The molecule has 4 rings (SSSR count). The summed E-state index contributed by atoms with van der Waals surface area (Å²) >= 11 is 1.49. The van der Waals surface area contributed by atoms with Crippen molar-refractivity contribution in [3.05, 3.63) is 83.4 Å². The van der Waals surface area contributed by atoms with Gasteiger partial charge in [0.2, 0.25) is 0 Å². The van der Waals surface area contributed by atoms with Crippen LogP contribution in [0.1, 0.15) is 15.2 Å². The minimum Gasteiger partial charge on any atom is -0.497 e. The Morgan fingerprint density at radius 2 is 1.85 bits per heavy atom. The molecule has 4 nitrogen and oxygen atoms in total. The van der Waals surface area contributed by atoms with Crippen molar-refractivity contribution < 1.29 is 9.53 Å². The molecule has 2 aromatic carbocycles. The standard InChI is InChI=1S/C21H18N2O2S/c1-25-17-8-6-15(7-9-17)14-22-21(24)19-10-11-20(26-19)23-13-12-16-4-2-3-5-18(16)23/h2-13H,14H2,1H3,(H,22,24). The van der Waals surface area contributed by atoms with Crippen molar-refractivity contribution in [1.29, 1.82) is 0 Å². The molecular weight excluding hydrogens is 344 g/mol. The molecule has 0 aliphatic heterocycles.